The number of thiazole rings is 1. The highest BCUT2D eigenvalue weighted by molar-refractivity contribution is 7.15. The molecule has 0 atom stereocenters. The third kappa shape index (κ3) is 2.72. The Labute approximate surface area is 117 Å². The fraction of sp³-hybridized carbons (Fsp3) is 0.357. The molecule has 1 aromatic heterocycles. The van der Waals surface area contributed by atoms with Crippen LogP contribution in [0.25, 0.3) is 10.6 Å². The summed E-state index contributed by atoms with van der Waals surface area (Å²) >= 11 is 1.57. The van der Waals surface area contributed by atoms with E-state index in [1.165, 1.54) is 0 Å². The second-order valence-corrected chi connectivity index (χ2v) is 5.82. The standard InChI is InChI=1S/C14H18N2O2S/c1-14(2,15)11-8-16-13(19-11)9-6-5-7-10(17-3)12(9)18-4/h5-8H,15H2,1-4H3. The first-order valence-electron chi connectivity index (χ1n) is 5.94. The van der Waals surface area contributed by atoms with Gasteiger partial charge in [0.15, 0.2) is 11.5 Å². The van der Waals surface area contributed by atoms with E-state index < -0.39 is 0 Å². The predicted octanol–water partition coefficient (Wildman–Crippen LogP) is 3.02. The number of aromatic nitrogens is 1. The summed E-state index contributed by atoms with van der Waals surface area (Å²) in [6, 6.07) is 5.75. The summed E-state index contributed by atoms with van der Waals surface area (Å²) in [6.45, 7) is 3.93. The summed E-state index contributed by atoms with van der Waals surface area (Å²) in [5.74, 6) is 1.39. The zero-order valence-electron chi connectivity index (χ0n) is 11.6. The second kappa shape index (κ2) is 5.19. The van der Waals surface area contributed by atoms with Crippen molar-refractivity contribution in [3.63, 3.8) is 0 Å². The average Bonchev–Trinajstić information content (AvgIpc) is 2.86. The maximum Gasteiger partial charge on any atom is 0.170 e. The maximum atomic E-state index is 6.09. The van der Waals surface area contributed by atoms with Gasteiger partial charge >= 0.3 is 0 Å². The SMILES string of the molecule is COc1cccc(-c2ncc(C(C)(C)N)s2)c1OC. The largest absolute Gasteiger partial charge is 0.493 e. The molecule has 2 aromatic rings. The molecule has 102 valence electrons. The molecule has 0 spiro atoms. The van der Waals surface area contributed by atoms with Crippen molar-refractivity contribution in [3.05, 3.63) is 29.3 Å². The van der Waals surface area contributed by atoms with Gasteiger partial charge in [0, 0.05) is 16.6 Å². The Balaban J connectivity index is 2.50. The van der Waals surface area contributed by atoms with E-state index in [4.69, 9.17) is 15.2 Å². The molecule has 0 aliphatic heterocycles. The molecule has 0 bridgehead atoms. The van der Waals surface area contributed by atoms with Crippen LogP contribution in [0.1, 0.15) is 18.7 Å². The van der Waals surface area contributed by atoms with E-state index in [9.17, 15) is 0 Å². The fourth-order valence-corrected chi connectivity index (χ4v) is 2.70. The first-order chi connectivity index (χ1) is 8.97. The molecule has 2 rings (SSSR count). The molecule has 0 aliphatic rings. The van der Waals surface area contributed by atoms with E-state index in [2.05, 4.69) is 4.98 Å². The summed E-state index contributed by atoms with van der Waals surface area (Å²) < 4.78 is 10.7. The third-order valence-electron chi connectivity index (χ3n) is 2.77. The molecule has 0 saturated heterocycles. The van der Waals surface area contributed by atoms with Crippen molar-refractivity contribution in [2.75, 3.05) is 14.2 Å². The molecule has 0 amide bonds. The van der Waals surface area contributed by atoms with Crippen LogP contribution in [-0.2, 0) is 5.54 Å². The van der Waals surface area contributed by atoms with E-state index in [1.54, 1.807) is 25.6 Å². The normalized spacial score (nSPS) is 11.4. The molecular formula is C14H18N2O2S. The lowest BCUT2D eigenvalue weighted by Crippen LogP contribution is -2.27. The van der Waals surface area contributed by atoms with E-state index in [1.807, 2.05) is 38.2 Å². The van der Waals surface area contributed by atoms with Crippen molar-refractivity contribution in [2.24, 2.45) is 5.73 Å². The van der Waals surface area contributed by atoms with Gasteiger partial charge < -0.3 is 15.2 Å². The minimum Gasteiger partial charge on any atom is -0.493 e. The number of methoxy groups -OCH3 is 2. The molecule has 0 unspecified atom stereocenters. The van der Waals surface area contributed by atoms with Gasteiger partial charge in [-0.15, -0.1) is 11.3 Å². The molecule has 5 heteroatoms. The Morgan fingerprint density at radius 2 is 1.95 bits per heavy atom. The highest BCUT2D eigenvalue weighted by Gasteiger charge is 2.20. The number of hydrogen-bond donors (Lipinski definition) is 1. The Morgan fingerprint density at radius 3 is 2.47 bits per heavy atom. The number of ether oxygens (including phenoxy) is 2. The lowest BCUT2D eigenvalue weighted by Gasteiger charge is -2.15. The fourth-order valence-electron chi connectivity index (χ4n) is 1.75. The van der Waals surface area contributed by atoms with Crippen molar-refractivity contribution in [1.29, 1.82) is 0 Å². The van der Waals surface area contributed by atoms with Crippen LogP contribution in [0.5, 0.6) is 11.5 Å². The molecular weight excluding hydrogens is 260 g/mol. The first kappa shape index (κ1) is 13.8. The second-order valence-electron chi connectivity index (χ2n) is 4.79. The summed E-state index contributed by atoms with van der Waals surface area (Å²) in [7, 11) is 3.25. The third-order valence-corrected chi connectivity index (χ3v) is 4.14. The number of rotatable bonds is 4. The summed E-state index contributed by atoms with van der Waals surface area (Å²) in [4.78, 5) is 5.47. The molecule has 4 nitrogen and oxygen atoms in total. The van der Waals surface area contributed by atoms with Crippen molar-refractivity contribution < 1.29 is 9.47 Å². The number of benzene rings is 1. The van der Waals surface area contributed by atoms with Gasteiger partial charge in [-0.05, 0) is 26.0 Å². The molecule has 1 aromatic carbocycles. The summed E-state index contributed by atoms with van der Waals surface area (Å²) in [6.07, 6.45) is 1.82. The molecule has 0 saturated carbocycles. The van der Waals surface area contributed by atoms with E-state index >= 15 is 0 Å². The Hall–Kier alpha value is -1.59. The quantitative estimate of drug-likeness (QED) is 0.934. The average molecular weight is 278 g/mol. The lowest BCUT2D eigenvalue weighted by atomic mass is 10.1. The molecule has 0 aliphatic carbocycles. The van der Waals surface area contributed by atoms with Crippen molar-refractivity contribution >= 4 is 11.3 Å². The minimum atomic E-state index is -0.387. The Kier molecular flexibility index (Phi) is 3.78. The van der Waals surface area contributed by atoms with Gasteiger partial charge in [-0.2, -0.15) is 0 Å². The van der Waals surface area contributed by atoms with Crippen LogP contribution in [0.2, 0.25) is 0 Å². The predicted molar refractivity (Wildman–Crippen MR) is 77.9 cm³/mol. The topological polar surface area (TPSA) is 57.4 Å². The minimum absolute atomic E-state index is 0.387. The monoisotopic (exact) mass is 278 g/mol. The highest BCUT2D eigenvalue weighted by Crippen LogP contribution is 2.40. The summed E-state index contributed by atoms with van der Waals surface area (Å²) in [5, 5.41) is 0.879. The van der Waals surface area contributed by atoms with Crippen LogP contribution in [0.15, 0.2) is 24.4 Å². The van der Waals surface area contributed by atoms with Gasteiger partial charge in [0.05, 0.1) is 19.8 Å². The van der Waals surface area contributed by atoms with Crippen LogP contribution in [-0.4, -0.2) is 19.2 Å². The van der Waals surface area contributed by atoms with Crippen molar-refractivity contribution in [1.82, 2.24) is 4.98 Å². The van der Waals surface area contributed by atoms with Gasteiger partial charge in [-0.1, -0.05) is 6.07 Å². The first-order valence-corrected chi connectivity index (χ1v) is 6.75. The van der Waals surface area contributed by atoms with E-state index in [0.717, 1.165) is 15.4 Å². The van der Waals surface area contributed by atoms with Gasteiger partial charge in [-0.3, -0.25) is 0 Å². The smallest absolute Gasteiger partial charge is 0.170 e. The van der Waals surface area contributed by atoms with Gasteiger partial charge in [-0.25, -0.2) is 4.98 Å². The van der Waals surface area contributed by atoms with Gasteiger partial charge in [0.2, 0.25) is 0 Å². The molecule has 0 radical (unpaired) electrons. The van der Waals surface area contributed by atoms with Crippen molar-refractivity contribution in [3.8, 4) is 22.1 Å². The van der Waals surface area contributed by atoms with Crippen LogP contribution in [0.3, 0.4) is 0 Å². The number of hydrogen-bond acceptors (Lipinski definition) is 5. The molecule has 19 heavy (non-hydrogen) atoms. The van der Waals surface area contributed by atoms with Crippen molar-refractivity contribution in [2.45, 2.75) is 19.4 Å². The number of para-hydroxylation sites is 1. The molecule has 1 heterocycles. The van der Waals surface area contributed by atoms with Crippen LogP contribution in [0, 0.1) is 0 Å². The van der Waals surface area contributed by atoms with Gasteiger partial charge in [0.1, 0.15) is 5.01 Å². The maximum absolute atomic E-state index is 6.09. The van der Waals surface area contributed by atoms with Crippen LogP contribution in [0.4, 0.5) is 0 Å². The molecule has 2 N–H and O–H groups in total. The van der Waals surface area contributed by atoms with Crippen LogP contribution >= 0.6 is 11.3 Å². The van der Waals surface area contributed by atoms with E-state index in [0.29, 0.717) is 11.5 Å². The Morgan fingerprint density at radius 1 is 1.21 bits per heavy atom. The number of nitrogens with zero attached hydrogens (tertiary/aromatic N) is 1. The lowest BCUT2D eigenvalue weighted by molar-refractivity contribution is 0.356. The number of nitrogens with two attached hydrogens (primary N) is 1. The summed E-state index contributed by atoms with van der Waals surface area (Å²) in [5.41, 5.74) is 6.62. The molecule has 0 fully saturated rings. The zero-order valence-corrected chi connectivity index (χ0v) is 12.4. The van der Waals surface area contributed by atoms with Crippen LogP contribution < -0.4 is 15.2 Å². The Bertz CT molecular complexity index is 573. The zero-order chi connectivity index (χ0) is 14.0. The van der Waals surface area contributed by atoms with E-state index in [-0.39, 0.29) is 5.54 Å². The highest BCUT2D eigenvalue weighted by atomic mass is 32.1. The van der Waals surface area contributed by atoms with Gasteiger partial charge in [0.25, 0.3) is 0 Å².